The number of pyridine rings is 1. The van der Waals surface area contributed by atoms with Crippen LogP contribution in [-0.4, -0.2) is 47.8 Å². The van der Waals surface area contributed by atoms with Crippen LogP contribution in [0.5, 0.6) is 0 Å². The van der Waals surface area contributed by atoms with Crippen LogP contribution in [0.3, 0.4) is 0 Å². The fraction of sp³-hybridized carbons (Fsp3) is 0.643. The van der Waals surface area contributed by atoms with Crippen molar-refractivity contribution in [3.8, 4) is 0 Å². The van der Waals surface area contributed by atoms with Crippen molar-refractivity contribution in [2.45, 2.75) is 19.3 Å². The Labute approximate surface area is 109 Å². The molecule has 1 fully saturated rings. The lowest BCUT2D eigenvalue weighted by Gasteiger charge is -2.16. The summed E-state index contributed by atoms with van der Waals surface area (Å²) in [6.45, 7) is 4.82. The van der Waals surface area contributed by atoms with Crippen LogP contribution >= 0.6 is 0 Å². The van der Waals surface area contributed by atoms with E-state index in [1.165, 1.54) is 19.5 Å². The molecule has 2 heterocycles. The minimum atomic E-state index is 0.318. The third kappa shape index (κ3) is 4.27. The molecule has 0 bridgehead atoms. The molecule has 1 aromatic heterocycles. The maximum Gasteiger partial charge on any atom is 0.125 e. The molecular weight excluding hydrogens is 226 g/mol. The smallest absolute Gasteiger partial charge is 0.125 e. The molecule has 4 heteroatoms. The Morgan fingerprint density at radius 2 is 2.33 bits per heavy atom. The summed E-state index contributed by atoms with van der Waals surface area (Å²) in [5.41, 5.74) is 0. The second kappa shape index (κ2) is 7.34. The lowest BCUT2D eigenvalue weighted by atomic mass is 10.1. The summed E-state index contributed by atoms with van der Waals surface area (Å²) in [5.74, 6) is 1.69. The summed E-state index contributed by atoms with van der Waals surface area (Å²) in [6.07, 6.45) is 5.11. The molecule has 0 aromatic carbocycles. The second-order valence-corrected chi connectivity index (χ2v) is 4.98. The lowest BCUT2D eigenvalue weighted by molar-refractivity contribution is 0.261. The minimum Gasteiger partial charge on any atom is -0.396 e. The molecular formula is C14H23N3O. The molecule has 1 aliphatic heterocycles. The number of aliphatic hydroxyl groups is 1. The van der Waals surface area contributed by atoms with Gasteiger partial charge in [0.2, 0.25) is 0 Å². The van der Waals surface area contributed by atoms with Crippen molar-refractivity contribution in [1.29, 1.82) is 0 Å². The summed E-state index contributed by atoms with van der Waals surface area (Å²) < 4.78 is 0. The quantitative estimate of drug-likeness (QED) is 0.720. The van der Waals surface area contributed by atoms with Gasteiger partial charge in [-0.1, -0.05) is 6.07 Å². The van der Waals surface area contributed by atoms with E-state index >= 15 is 0 Å². The Kier molecular flexibility index (Phi) is 5.42. The molecule has 0 aliphatic carbocycles. The molecule has 1 aromatic rings. The van der Waals surface area contributed by atoms with Crippen molar-refractivity contribution >= 4 is 5.82 Å². The monoisotopic (exact) mass is 249 g/mol. The Hall–Kier alpha value is -1.13. The van der Waals surface area contributed by atoms with Crippen LogP contribution in [0.2, 0.25) is 0 Å². The van der Waals surface area contributed by atoms with E-state index in [-0.39, 0.29) is 0 Å². The number of aliphatic hydroxyl groups excluding tert-OH is 1. The molecule has 1 unspecified atom stereocenters. The van der Waals surface area contributed by atoms with Crippen molar-refractivity contribution in [2.75, 3.05) is 38.1 Å². The molecule has 0 radical (unpaired) electrons. The number of hydrogen-bond donors (Lipinski definition) is 2. The number of rotatable bonds is 7. The van der Waals surface area contributed by atoms with Crippen LogP contribution < -0.4 is 5.32 Å². The first-order valence-corrected chi connectivity index (χ1v) is 6.86. The van der Waals surface area contributed by atoms with Gasteiger partial charge in [-0.3, -0.25) is 0 Å². The van der Waals surface area contributed by atoms with Crippen LogP contribution in [0.25, 0.3) is 0 Å². The predicted molar refractivity (Wildman–Crippen MR) is 73.6 cm³/mol. The van der Waals surface area contributed by atoms with Crippen molar-refractivity contribution in [3.05, 3.63) is 24.4 Å². The fourth-order valence-electron chi connectivity index (χ4n) is 2.45. The van der Waals surface area contributed by atoms with Crippen LogP contribution in [0.1, 0.15) is 19.3 Å². The standard InChI is InChI=1S/C14H23N3O/c18-10-4-3-8-17-9-6-13(12-17)11-16-14-5-1-2-7-15-14/h1-2,5,7,13,18H,3-4,6,8-12H2,(H,15,16). The van der Waals surface area contributed by atoms with Gasteiger partial charge in [-0.2, -0.15) is 0 Å². The summed E-state index contributed by atoms with van der Waals surface area (Å²) in [4.78, 5) is 6.77. The first-order valence-electron chi connectivity index (χ1n) is 6.86. The average molecular weight is 249 g/mol. The van der Waals surface area contributed by atoms with E-state index in [0.29, 0.717) is 6.61 Å². The van der Waals surface area contributed by atoms with E-state index in [1.807, 2.05) is 24.4 Å². The van der Waals surface area contributed by atoms with Gasteiger partial charge < -0.3 is 15.3 Å². The van der Waals surface area contributed by atoms with E-state index in [9.17, 15) is 0 Å². The topological polar surface area (TPSA) is 48.4 Å². The zero-order valence-corrected chi connectivity index (χ0v) is 10.9. The number of nitrogens with one attached hydrogen (secondary N) is 1. The minimum absolute atomic E-state index is 0.318. The van der Waals surface area contributed by atoms with Crippen molar-refractivity contribution in [3.63, 3.8) is 0 Å². The van der Waals surface area contributed by atoms with Crippen molar-refractivity contribution in [1.82, 2.24) is 9.88 Å². The maximum atomic E-state index is 8.77. The van der Waals surface area contributed by atoms with Crippen molar-refractivity contribution in [2.24, 2.45) is 5.92 Å². The van der Waals surface area contributed by atoms with E-state index in [0.717, 1.165) is 37.7 Å². The van der Waals surface area contributed by atoms with E-state index in [4.69, 9.17) is 5.11 Å². The van der Waals surface area contributed by atoms with Gasteiger partial charge in [0.05, 0.1) is 0 Å². The molecule has 1 saturated heterocycles. The first kappa shape index (κ1) is 13.3. The fourth-order valence-corrected chi connectivity index (χ4v) is 2.45. The molecule has 2 rings (SSSR count). The molecule has 4 nitrogen and oxygen atoms in total. The third-order valence-electron chi connectivity index (χ3n) is 3.49. The van der Waals surface area contributed by atoms with Gasteiger partial charge in [-0.05, 0) is 50.4 Å². The zero-order chi connectivity index (χ0) is 12.6. The highest BCUT2D eigenvalue weighted by Crippen LogP contribution is 2.17. The summed E-state index contributed by atoms with van der Waals surface area (Å²) >= 11 is 0. The zero-order valence-electron chi connectivity index (χ0n) is 10.9. The molecule has 2 N–H and O–H groups in total. The largest absolute Gasteiger partial charge is 0.396 e. The van der Waals surface area contributed by atoms with Crippen molar-refractivity contribution < 1.29 is 5.11 Å². The highest BCUT2D eigenvalue weighted by molar-refractivity contribution is 5.33. The normalized spacial score (nSPS) is 20.2. The van der Waals surface area contributed by atoms with Crippen LogP contribution in [0.15, 0.2) is 24.4 Å². The van der Waals surface area contributed by atoms with Gasteiger partial charge in [-0.15, -0.1) is 0 Å². The first-order chi connectivity index (χ1) is 8.88. The number of anilines is 1. The van der Waals surface area contributed by atoms with Gasteiger partial charge in [0, 0.05) is 25.9 Å². The van der Waals surface area contributed by atoms with E-state index in [2.05, 4.69) is 15.2 Å². The highest BCUT2D eigenvalue weighted by Gasteiger charge is 2.21. The predicted octanol–water partition coefficient (Wildman–Crippen LogP) is 1.59. The van der Waals surface area contributed by atoms with E-state index < -0.39 is 0 Å². The summed E-state index contributed by atoms with van der Waals surface area (Å²) in [6, 6.07) is 5.95. The van der Waals surface area contributed by atoms with Gasteiger partial charge >= 0.3 is 0 Å². The summed E-state index contributed by atoms with van der Waals surface area (Å²) in [5, 5.41) is 12.2. The molecule has 1 aliphatic rings. The van der Waals surface area contributed by atoms with Crippen LogP contribution in [0, 0.1) is 5.92 Å². The van der Waals surface area contributed by atoms with Crippen LogP contribution in [-0.2, 0) is 0 Å². The number of likely N-dealkylation sites (tertiary alicyclic amines) is 1. The molecule has 18 heavy (non-hydrogen) atoms. The summed E-state index contributed by atoms with van der Waals surface area (Å²) in [7, 11) is 0. The Morgan fingerprint density at radius 1 is 1.39 bits per heavy atom. The maximum absolute atomic E-state index is 8.77. The second-order valence-electron chi connectivity index (χ2n) is 4.98. The van der Waals surface area contributed by atoms with Gasteiger partial charge in [0.25, 0.3) is 0 Å². The highest BCUT2D eigenvalue weighted by atomic mass is 16.2. The van der Waals surface area contributed by atoms with Gasteiger partial charge in [0.15, 0.2) is 0 Å². The third-order valence-corrected chi connectivity index (χ3v) is 3.49. The molecule has 0 spiro atoms. The Morgan fingerprint density at radius 3 is 3.11 bits per heavy atom. The molecule has 100 valence electrons. The van der Waals surface area contributed by atoms with Gasteiger partial charge in [-0.25, -0.2) is 4.98 Å². The van der Waals surface area contributed by atoms with Gasteiger partial charge in [0.1, 0.15) is 5.82 Å². The lowest BCUT2D eigenvalue weighted by Crippen LogP contribution is -2.24. The number of hydrogen-bond acceptors (Lipinski definition) is 4. The van der Waals surface area contributed by atoms with E-state index in [1.54, 1.807) is 0 Å². The Bertz CT molecular complexity index is 331. The molecule has 0 saturated carbocycles. The Balaban J connectivity index is 1.64. The van der Waals surface area contributed by atoms with Crippen LogP contribution in [0.4, 0.5) is 5.82 Å². The molecule has 1 atom stereocenters. The number of aromatic nitrogens is 1. The number of nitrogens with zero attached hydrogens (tertiary/aromatic N) is 2. The number of unbranched alkanes of at least 4 members (excludes halogenated alkanes) is 1. The SMILES string of the molecule is OCCCCN1CCC(CNc2ccccn2)C1. The average Bonchev–Trinajstić information content (AvgIpc) is 2.86. The molecule has 0 amide bonds.